The molecule has 0 bridgehead atoms. The van der Waals surface area contributed by atoms with Crippen LogP contribution in [0.1, 0.15) is 79.1 Å². The van der Waals surface area contributed by atoms with Crippen LogP contribution in [0.2, 0.25) is 0 Å². The highest BCUT2D eigenvalue weighted by molar-refractivity contribution is 5.75. The quantitative estimate of drug-likeness (QED) is 0.580. The lowest BCUT2D eigenvalue weighted by atomic mass is 10.2. The summed E-state index contributed by atoms with van der Waals surface area (Å²) < 4.78 is 0. The minimum atomic E-state index is 0.318. The van der Waals surface area contributed by atoms with Gasteiger partial charge in [0.15, 0.2) is 0 Å². The molecule has 0 unspecified atom stereocenters. The second-order valence-corrected chi connectivity index (χ2v) is 4.32. The van der Waals surface area contributed by atoms with Gasteiger partial charge in [0.1, 0.15) is 11.6 Å². The minimum Gasteiger partial charge on any atom is -0.300 e. The molecule has 0 radical (unpaired) electrons. The minimum absolute atomic E-state index is 0.318. The van der Waals surface area contributed by atoms with Crippen molar-refractivity contribution in [3.8, 4) is 0 Å². The molecule has 0 atom stereocenters. The van der Waals surface area contributed by atoms with Crippen LogP contribution in [0.4, 0.5) is 0 Å². The van der Waals surface area contributed by atoms with Gasteiger partial charge < -0.3 is 9.59 Å². The molecular formula is C14H28O2. The van der Waals surface area contributed by atoms with Gasteiger partial charge >= 0.3 is 0 Å². The molecule has 0 aromatic heterocycles. The summed E-state index contributed by atoms with van der Waals surface area (Å²) in [5.41, 5.74) is 0. The molecule has 96 valence electrons. The molecule has 0 aliphatic carbocycles. The standard InChI is InChI=1S/2C7H14O/c2*1-3-4-5-6-7(2)8/h2*3-6H2,1-2H3. The summed E-state index contributed by atoms with van der Waals surface area (Å²) in [7, 11) is 0. The lowest BCUT2D eigenvalue weighted by Crippen LogP contribution is -1.87. The molecule has 2 heteroatoms. The van der Waals surface area contributed by atoms with Crippen LogP contribution in [-0.4, -0.2) is 11.6 Å². The number of Topliss-reactive ketones (excluding diaryl/α,β-unsaturated/α-hetero) is 2. The number of hydrogen-bond acceptors (Lipinski definition) is 2. The van der Waals surface area contributed by atoms with Crippen molar-refractivity contribution in [3.63, 3.8) is 0 Å². The molecule has 0 saturated carbocycles. The van der Waals surface area contributed by atoms with Crippen molar-refractivity contribution in [1.82, 2.24) is 0 Å². The third-order valence-corrected chi connectivity index (χ3v) is 2.26. The molecular weight excluding hydrogens is 200 g/mol. The van der Waals surface area contributed by atoms with Crippen LogP contribution in [0.5, 0.6) is 0 Å². The Hall–Kier alpha value is -0.660. The molecule has 0 amide bonds. The van der Waals surface area contributed by atoms with Crippen LogP contribution >= 0.6 is 0 Å². The fraction of sp³-hybridized carbons (Fsp3) is 0.857. The van der Waals surface area contributed by atoms with Gasteiger partial charge in [-0.25, -0.2) is 0 Å². The van der Waals surface area contributed by atoms with Crippen LogP contribution < -0.4 is 0 Å². The van der Waals surface area contributed by atoms with E-state index in [-0.39, 0.29) is 0 Å². The summed E-state index contributed by atoms with van der Waals surface area (Å²) in [4.78, 5) is 20.6. The first-order valence-corrected chi connectivity index (χ1v) is 6.53. The first kappa shape index (κ1) is 17.7. The fourth-order valence-corrected chi connectivity index (χ4v) is 1.25. The summed E-state index contributed by atoms with van der Waals surface area (Å²) in [5, 5.41) is 0. The number of hydrogen-bond donors (Lipinski definition) is 0. The third-order valence-electron chi connectivity index (χ3n) is 2.26. The van der Waals surface area contributed by atoms with E-state index >= 15 is 0 Å². The monoisotopic (exact) mass is 228 g/mol. The summed E-state index contributed by atoms with van der Waals surface area (Å²) >= 11 is 0. The van der Waals surface area contributed by atoms with Gasteiger partial charge in [-0.2, -0.15) is 0 Å². The first-order valence-electron chi connectivity index (χ1n) is 6.53. The summed E-state index contributed by atoms with van der Waals surface area (Å²) in [6.07, 6.45) is 8.49. The molecule has 0 spiro atoms. The van der Waals surface area contributed by atoms with E-state index in [1.807, 2.05) is 0 Å². The highest BCUT2D eigenvalue weighted by atomic mass is 16.1. The normalized spacial score (nSPS) is 9.25. The predicted molar refractivity (Wildman–Crippen MR) is 69.6 cm³/mol. The van der Waals surface area contributed by atoms with Crippen molar-refractivity contribution in [2.24, 2.45) is 0 Å². The lowest BCUT2D eigenvalue weighted by molar-refractivity contribution is -0.117. The lowest BCUT2D eigenvalue weighted by Gasteiger charge is -1.90. The van der Waals surface area contributed by atoms with E-state index in [2.05, 4.69) is 13.8 Å². The Morgan fingerprint density at radius 2 is 1.00 bits per heavy atom. The average molecular weight is 228 g/mol. The highest BCUT2D eigenvalue weighted by Crippen LogP contribution is 1.98. The van der Waals surface area contributed by atoms with Crippen molar-refractivity contribution < 1.29 is 9.59 Å². The number of ketones is 2. The Morgan fingerprint density at radius 1 is 0.688 bits per heavy atom. The van der Waals surface area contributed by atoms with Gasteiger partial charge in [-0.15, -0.1) is 0 Å². The van der Waals surface area contributed by atoms with E-state index in [0.717, 1.165) is 25.7 Å². The van der Waals surface area contributed by atoms with Gasteiger partial charge in [-0.1, -0.05) is 39.5 Å². The molecule has 0 aliphatic rings. The number of carbonyl (C=O) groups is 2. The summed E-state index contributed by atoms with van der Waals surface area (Å²) in [6, 6.07) is 0. The Morgan fingerprint density at radius 3 is 1.19 bits per heavy atom. The van der Waals surface area contributed by atoms with Crippen molar-refractivity contribution in [2.75, 3.05) is 0 Å². The molecule has 16 heavy (non-hydrogen) atoms. The number of carbonyl (C=O) groups excluding carboxylic acids is 2. The maximum Gasteiger partial charge on any atom is 0.129 e. The van der Waals surface area contributed by atoms with Gasteiger partial charge in [0.05, 0.1) is 0 Å². The molecule has 0 aromatic carbocycles. The van der Waals surface area contributed by atoms with Gasteiger partial charge in [0, 0.05) is 12.8 Å². The summed E-state index contributed by atoms with van der Waals surface area (Å²) in [5.74, 6) is 0.636. The molecule has 0 rings (SSSR count). The van der Waals surface area contributed by atoms with Crippen LogP contribution in [0.3, 0.4) is 0 Å². The topological polar surface area (TPSA) is 34.1 Å². The Kier molecular flexibility index (Phi) is 15.9. The molecule has 0 fully saturated rings. The molecule has 2 nitrogen and oxygen atoms in total. The van der Waals surface area contributed by atoms with Crippen LogP contribution in [0, 0.1) is 0 Å². The van der Waals surface area contributed by atoms with Gasteiger partial charge in [-0.05, 0) is 26.7 Å². The van der Waals surface area contributed by atoms with Gasteiger partial charge in [0.2, 0.25) is 0 Å². The largest absolute Gasteiger partial charge is 0.300 e. The first-order chi connectivity index (χ1) is 7.54. The average Bonchev–Trinajstić information content (AvgIpc) is 2.18. The van der Waals surface area contributed by atoms with E-state index in [0.29, 0.717) is 11.6 Å². The Balaban J connectivity index is 0. The van der Waals surface area contributed by atoms with Crippen LogP contribution in [-0.2, 0) is 9.59 Å². The zero-order chi connectivity index (χ0) is 12.8. The van der Waals surface area contributed by atoms with Gasteiger partial charge in [0.25, 0.3) is 0 Å². The Labute approximate surface area is 101 Å². The smallest absolute Gasteiger partial charge is 0.129 e. The zero-order valence-corrected chi connectivity index (χ0v) is 11.5. The summed E-state index contributed by atoms with van der Waals surface area (Å²) in [6.45, 7) is 7.57. The number of rotatable bonds is 8. The zero-order valence-electron chi connectivity index (χ0n) is 11.5. The fourth-order valence-electron chi connectivity index (χ4n) is 1.25. The second-order valence-electron chi connectivity index (χ2n) is 4.32. The van der Waals surface area contributed by atoms with E-state index in [1.165, 1.54) is 25.7 Å². The molecule has 0 aromatic rings. The SMILES string of the molecule is CCCCCC(C)=O.CCCCCC(C)=O. The van der Waals surface area contributed by atoms with E-state index < -0.39 is 0 Å². The predicted octanol–water partition coefficient (Wildman–Crippen LogP) is 4.31. The number of unbranched alkanes of at least 4 members (excludes halogenated alkanes) is 4. The molecule has 0 aliphatic heterocycles. The molecule has 0 saturated heterocycles. The highest BCUT2D eigenvalue weighted by Gasteiger charge is 1.90. The van der Waals surface area contributed by atoms with Crippen molar-refractivity contribution in [2.45, 2.75) is 79.1 Å². The van der Waals surface area contributed by atoms with E-state index in [1.54, 1.807) is 13.8 Å². The Bertz CT molecular complexity index is 154. The van der Waals surface area contributed by atoms with Crippen LogP contribution in [0.25, 0.3) is 0 Å². The van der Waals surface area contributed by atoms with Crippen molar-refractivity contribution in [1.29, 1.82) is 0 Å². The molecule has 0 N–H and O–H groups in total. The van der Waals surface area contributed by atoms with Gasteiger partial charge in [-0.3, -0.25) is 0 Å². The van der Waals surface area contributed by atoms with Crippen LogP contribution in [0.15, 0.2) is 0 Å². The third kappa shape index (κ3) is 23.3. The van der Waals surface area contributed by atoms with Crippen molar-refractivity contribution in [3.05, 3.63) is 0 Å². The second kappa shape index (κ2) is 14.3. The van der Waals surface area contributed by atoms with E-state index in [4.69, 9.17) is 0 Å². The maximum atomic E-state index is 10.3. The van der Waals surface area contributed by atoms with Crippen molar-refractivity contribution >= 4 is 11.6 Å². The van der Waals surface area contributed by atoms with E-state index in [9.17, 15) is 9.59 Å². The molecule has 0 heterocycles. The maximum absolute atomic E-state index is 10.3.